The van der Waals surface area contributed by atoms with E-state index in [2.05, 4.69) is 25.2 Å². The lowest BCUT2D eigenvalue weighted by Crippen LogP contribution is -2.46. The summed E-state index contributed by atoms with van der Waals surface area (Å²) in [6, 6.07) is 5.83. The molecule has 1 aromatic rings. The van der Waals surface area contributed by atoms with Crippen molar-refractivity contribution >= 4 is 6.03 Å². The molecule has 2 aliphatic heterocycles. The third kappa shape index (κ3) is 3.93. The first-order valence-corrected chi connectivity index (χ1v) is 8.59. The van der Waals surface area contributed by atoms with Crippen LogP contribution in [0.15, 0.2) is 18.2 Å². The van der Waals surface area contributed by atoms with E-state index in [1.165, 1.54) is 0 Å². The SMILES string of the molecule is CC1(C)Cc2cccc(OCCNC(=O)N3CCC(O)CC3)c2O1. The molecule has 24 heavy (non-hydrogen) atoms. The lowest BCUT2D eigenvalue weighted by molar-refractivity contribution is 0.0933. The normalized spacial score (nSPS) is 19.5. The minimum absolute atomic E-state index is 0.0961. The first-order chi connectivity index (χ1) is 11.4. The summed E-state index contributed by atoms with van der Waals surface area (Å²) in [6.45, 7) is 6.15. The molecule has 0 atom stereocenters. The van der Waals surface area contributed by atoms with E-state index in [0.29, 0.717) is 39.1 Å². The van der Waals surface area contributed by atoms with Gasteiger partial charge in [-0.25, -0.2) is 4.79 Å². The predicted molar refractivity (Wildman–Crippen MR) is 90.6 cm³/mol. The molecule has 3 rings (SSSR count). The van der Waals surface area contributed by atoms with Crippen molar-refractivity contribution in [2.24, 2.45) is 0 Å². The van der Waals surface area contributed by atoms with Gasteiger partial charge in [-0.05, 0) is 32.8 Å². The van der Waals surface area contributed by atoms with Gasteiger partial charge >= 0.3 is 6.03 Å². The number of piperidine rings is 1. The fourth-order valence-electron chi connectivity index (χ4n) is 3.20. The Morgan fingerprint density at radius 2 is 2.17 bits per heavy atom. The summed E-state index contributed by atoms with van der Waals surface area (Å²) >= 11 is 0. The highest BCUT2D eigenvalue weighted by molar-refractivity contribution is 5.74. The molecule has 2 aliphatic rings. The van der Waals surface area contributed by atoms with Crippen LogP contribution < -0.4 is 14.8 Å². The molecule has 1 saturated heterocycles. The fourth-order valence-corrected chi connectivity index (χ4v) is 3.20. The largest absolute Gasteiger partial charge is 0.488 e. The van der Waals surface area contributed by atoms with Crippen LogP contribution in [-0.2, 0) is 6.42 Å². The van der Waals surface area contributed by atoms with E-state index in [-0.39, 0.29) is 17.7 Å². The van der Waals surface area contributed by atoms with Crippen molar-refractivity contribution in [3.63, 3.8) is 0 Å². The summed E-state index contributed by atoms with van der Waals surface area (Å²) in [5.74, 6) is 1.55. The van der Waals surface area contributed by atoms with Crippen LogP contribution >= 0.6 is 0 Å². The Balaban J connectivity index is 1.45. The van der Waals surface area contributed by atoms with Gasteiger partial charge in [0.1, 0.15) is 12.2 Å². The standard InChI is InChI=1S/C18H26N2O4/c1-18(2)12-13-4-3-5-15(16(13)24-18)23-11-8-19-17(22)20-9-6-14(21)7-10-20/h3-5,14,21H,6-12H2,1-2H3,(H,19,22). The Morgan fingerprint density at radius 1 is 1.42 bits per heavy atom. The number of rotatable bonds is 4. The van der Waals surface area contributed by atoms with E-state index in [9.17, 15) is 9.90 Å². The summed E-state index contributed by atoms with van der Waals surface area (Å²) in [6.07, 6.45) is 1.89. The van der Waals surface area contributed by atoms with E-state index in [1.54, 1.807) is 4.90 Å². The zero-order valence-electron chi connectivity index (χ0n) is 14.4. The second-order valence-corrected chi connectivity index (χ2v) is 7.08. The van der Waals surface area contributed by atoms with Crippen molar-refractivity contribution in [3.05, 3.63) is 23.8 Å². The van der Waals surface area contributed by atoms with Gasteiger partial charge in [0, 0.05) is 25.1 Å². The highest BCUT2D eigenvalue weighted by atomic mass is 16.5. The van der Waals surface area contributed by atoms with E-state index in [4.69, 9.17) is 9.47 Å². The average Bonchev–Trinajstić information content (AvgIpc) is 2.86. The smallest absolute Gasteiger partial charge is 0.317 e. The molecule has 1 fully saturated rings. The molecule has 0 unspecified atom stereocenters. The molecule has 0 saturated carbocycles. The van der Waals surface area contributed by atoms with Crippen LogP contribution in [0.3, 0.4) is 0 Å². The van der Waals surface area contributed by atoms with E-state index in [0.717, 1.165) is 23.5 Å². The third-order valence-corrected chi connectivity index (χ3v) is 4.44. The van der Waals surface area contributed by atoms with Gasteiger partial charge in [-0.1, -0.05) is 12.1 Å². The lowest BCUT2D eigenvalue weighted by Gasteiger charge is -2.29. The van der Waals surface area contributed by atoms with Crippen molar-refractivity contribution in [1.29, 1.82) is 0 Å². The summed E-state index contributed by atoms with van der Waals surface area (Å²) in [4.78, 5) is 13.8. The summed E-state index contributed by atoms with van der Waals surface area (Å²) in [5.41, 5.74) is 0.961. The maximum absolute atomic E-state index is 12.0. The number of ether oxygens (including phenoxy) is 2. The number of urea groups is 1. The number of hydrogen-bond donors (Lipinski definition) is 2. The van der Waals surface area contributed by atoms with E-state index in [1.807, 2.05) is 12.1 Å². The Bertz CT molecular complexity index is 595. The number of carbonyl (C=O) groups excluding carboxylic acids is 1. The molecule has 1 aromatic carbocycles. The number of fused-ring (bicyclic) bond motifs is 1. The van der Waals surface area contributed by atoms with Crippen LogP contribution in [0.4, 0.5) is 4.79 Å². The third-order valence-electron chi connectivity index (χ3n) is 4.44. The van der Waals surface area contributed by atoms with Crippen molar-refractivity contribution in [3.8, 4) is 11.5 Å². The van der Waals surface area contributed by atoms with Crippen molar-refractivity contribution < 1.29 is 19.4 Å². The summed E-state index contributed by atoms with van der Waals surface area (Å²) < 4.78 is 11.8. The van der Waals surface area contributed by atoms with Gasteiger partial charge in [0.05, 0.1) is 12.6 Å². The monoisotopic (exact) mass is 334 g/mol. The quantitative estimate of drug-likeness (QED) is 0.826. The maximum atomic E-state index is 12.0. The van der Waals surface area contributed by atoms with Crippen LogP contribution in [0.2, 0.25) is 0 Å². The van der Waals surface area contributed by atoms with Crippen molar-refractivity contribution in [2.45, 2.75) is 44.8 Å². The Morgan fingerprint density at radius 3 is 2.92 bits per heavy atom. The Hall–Kier alpha value is -1.95. The van der Waals surface area contributed by atoms with E-state index < -0.39 is 0 Å². The number of nitrogens with one attached hydrogen (secondary N) is 1. The van der Waals surface area contributed by atoms with Gasteiger partial charge in [-0.2, -0.15) is 0 Å². The van der Waals surface area contributed by atoms with Gasteiger partial charge in [0.15, 0.2) is 11.5 Å². The number of benzene rings is 1. The maximum Gasteiger partial charge on any atom is 0.317 e. The Labute approximate surface area is 142 Å². The molecule has 0 aromatic heterocycles. The lowest BCUT2D eigenvalue weighted by atomic mass is 10.0. The highest BCUT2D eigenvalue weighted by Gasteiger charge is 2.32. The molecular formula is C18H26N2O4. The average molecular weight is 334 g/mol. The van der Waals surface area contributed by atoms with Crippen molar-refractivity contribution in [2.75, 3.05) is 26.2 Å². The molecule has 2 N–H and O–H groups in total. The van der Waals surface area contributed by atoms with Crippen LogP contribution in [-0.4, -0.2) is 54.0 Å². The number of nitrogens with zero attached hydrogens (tertiary/aromatic N) is 1. The second kappa shape index (κ2) is 6.89. The zero-order chi connectivity index (χ0) is 17.2. The van der Waals surface area contributed by atoms with Crippen LogP contribution in [0.1, 0.15) is 32.3 Å². The molecular weight excluding hydrogens is 308 g/mol. The van der Waals surface area contributed by atoms with Gasteiger partial charge in [0.25, 0.3) is 0 Å². The van der Waals surface area contributed by atoms with Gasteiger partial charge in [-0.15, -0.1) is 0 Å². The summed E-state index contributed by atoms with van der Waals surface area (Å²) in [5, 5.41) is 12.3. The molecule has 0 bridgehead atoms. The first kappa shape index (κ1) is 16.9. The first-order valence-electron chi connectivity index (χ1n) is 8.59. The molecule has 2 amide bonds. The number of amides is 2. The van der Waals surface area contributed by atoms with Crippen LogP contribution in [0, 0.1) is 0 Å². The predicted octanol–water partition coefficient (Wildman–Crippen LogP) is 1.95. The molecule has 6 heteroatoms. The number of aliphatic hydroxyl groups is 1. The number of aliphatic hydroxyl groups excluding tert-OH is 1. The van der Waals surface area contributed by atoms with Gasteiger partial charge in [0.2, 0.25) is 0 Å². The minimum atomic E-state index is -0.276. The minimum Gasteiger partial charge on any atom is -0.488 e. The van der Waals surface area contributed by atoms with Crippen molar-refractivity contribution in [1.82, 2.24) is 10.2 Å². The van der Waals surface area contributed by atoms with E-state index >= 15 is 0 Å². The summed E-state index contributed by atoms with van der Waals surface area (Å²) in [7, 11) is 0. The van der Waals surface area contributed by atoms with Gasteiger partial charge < -0.3 is 24.8 Å². The molecule has 0 radical (unpaired) electrons. The molecule has 0 aliphatic carbocycles. The van der Waals surface area contributed by atoms with Gasteiger partial charge in [-0.3, -0.25) is 0 Å². The van der Waals surface area contributed by atoms with Crippen LogP contribution in [0.25, 0.3) is 0 Å². The highest BCUT2D eigenvalue weighted by Crippen LogP contribution is 2.41. The zero-order valence-corrected chi connectivity index (χ0v) is 14.4. The van der Waals surface area contributed by atoms with Crippen LogP contribution in [0.5, 0.6) is 11.5 Å². The fraction of sp³-hybridized carbons (Fsp3) is 0.611. The number of para-hydroxylation sites is 1. The molecule has 132 valence electrons. The number of carbonyl (C=O) groups is 1. The molecule has 0 spiro atoms. The number of likely N-dealkylation sites (tertiary alicyclic amines) is 1. The topological polar surface area (TPSA) is 71.0 Å². The second-order valence-electron chi connectivity index (χ2n) is 7.08. The Kier molecular flexibility index (Phi) is 4.85. The number of hydrogen-bond acceptors (Lipinski definition) is 4. The molecule has 2 heterocycles. The molecule has 6 nitrogen and oxygen atoms in total.